The molecule has 2 unspecified atom stereocenters. The Morgan fingerprint density at radius 1 is 0.468 bits per heavy atom. The van der Waals surface area contributed by atoms with Gasteiger partial charge in [0.2, 0.25) is 0 Å². The van der Waals surface area contributed by atoms with E-state index >= 15 is 0 Å². The highest BCUT2D eigenvalue weighted by Gasteiger charge is 2.30. The number of hydrogen-bond donors (Lipinski definition) is 1. The Balaban J connectivity index is 1.17. The van der Waals surface area contributed by atoms with Crippen LogP contribution in [0.25, 0.3) is 66.8 Å². The molecule has 2 aliphatic carbocycles. The van der Waals surface area contributed by atoms with Crippen LogP contribution < -0.4 is 5.32 Å². The summed E-state index contributed by atoms with van der Waals surface area (Å²) in [5, 5.41) is 4.04. The van der Waals surface area contributed by atoms with E-state index < -0.39 is 0 Å². The van der Waals surface area contributed by atoms with Gasteiger partial charge in [0.15, 0.2) is 0 Å². The molecule has 0 saturated heterocycles. The number of allylic oxidation sites excluding steroid dienone is 8. The summed E-state index contributed by atoms with van der Waals surface area (Å²) in [5.74, 6) is 0.800. The summed E-state index contributed by atoms with van der Waals surface area (Å²) in [6.45, 7) is 16.1. The molecule has 1 aliphatic heterocycles. The Morgan fingerprint density at radius 2 is 1.05 bits per heavy atom. The van der Waals surface area contributed by atoms with Gasteiger partial charge in [-0.25, -0.2) is 0 Å². The fourth-order valence-corrected chi connectivity index (χ4v) is 10.8. The Hall–Kier alpha value is -6.70. The van der Waals surface area contributed by atoms with E-state index in [0.717, 1.165) is 24.2 Å². The van der Waals surface area contributed by atoms with Crippen molar-refractivity contribution in [3.63, 3.8) is 0 Å². The maximum Gasteiger partial charge on any atom is 0.0470 e. The lowest BCUT2D eigenvalue weighted by molar-refractivity contribution is 0.709. The maximum absolute atomic E-state index is 4.04. The molecular weight excluding hydrogens is 747 g/mol. The van der Waals surface area contributed by atoms with Crippen molar-refractivity contribution in [1.82, 2.24) is 0 Å². The quantitative estimate of drug-likeness (QED) is 0.177. The van der Waals surface area contributed by atoms with Crippen LogP contribution in [0.5, 0.6) is 0 Å². The molecule has 2 bridgehead atoms. The number of aryl methyl sites for hydroxylation is 4. The first kappa shape index (κ1) is 39.4. The smallest absolute Gasteiger partial charge is 0.0470 e. The minimum Gasteiger partial charge on any atom is -0.354 e. The second-order valence-corrected chi connectivity index (χ2v) is 17.9. The topological polar surface area (TPSA) is 12.0 Å². The monoisotopic (exact) mass is 801 g/mol. The van der Waals surface area contributed by atoms with Crippen LogP contribution in [-0.2, 0) is 0 Å². The lowest BCUT2D eigenvalue weighted by Gasteiger charge is -2.32. The van der Waals surface area contributed by atoms with Gasteiger partial charge < -0.3 is 5.32 Å². The number of anilines is 2. The first-order valence-corrected chi connectivity index (χ1v) is 22.4. The van der Waals surface area contributed by atoms with Gasteiger partial charge in [-0.05, 0) is 184 Å². The highest BCUT2D eigenvalue weighted by Crippen LogP contribution is 2.52. The third-order valence-corrected chi connectivity index (χ3v) is 13.9. The summed E-state index contributed by atoms with van der Waals surface area (Å²) in [6.07, 6.45) is 12.0. The van der Waals surface area contributed by atoms with E-state index in [1.165, 1.54) is 117 Å². The van der Waals surface area contributed by atoms with Gasteiger partial charge in [-0.3, -0.25) is 0 Å². The molecule has 7 aromatic rings. The molecule has 10 rings (SSSR count). The highest BCUT2D eigenvalue weighted by atomic mass is 14.9. The summed E-state index contributed by atoms with van der Waals surface area (Å²) in [5.41, 5.74) is 29.7. The summed E-state index contributed by atoms with van der Waals surface area (Å²) in [6, 6.07) is 51.9. The second kappa shape index (κ2) is 16.0. The van der Waals surface area contributed by atoms with E-state index in [9.17, 15) is 0 Å². The van der Waals surface area contributed by atoms with Crippen LogP contribution in [0, 0.1) is 46.5 Å². The number of nitrogens with one attached hydrogen (secondary N) is 1. The third kappa shape index (κ3) is 6.72. The van der Waals surface area contributed by atoms with E-state index in [4.69, 9.17) is 0 Å². The normalized spacial score (nSPS) is 16.7. The number of para-hydroxylation sites is 1. The van der Waals surface area contributed by atoms with Crippen molar-refractivity contribution >= 4 is 22.5 Å². The number of hydrogen-bond acceptors (Lipinski definition) is 1. The van der Waals surface area contributed by atoms with Gasteiger partial charge in [0.05, 0.1) is 0 Å². The van der Waals surface area contributed by atoms with Crippen LogP contribution in [0.15, 0.2) is 175 Å². The zero-order valence-electron chi connectivity index (χ0n) is 37.2. The van der Waals surface area contributed by atoms with E-state index in [2.05, 4.69) is 218 Å². The van der Waals surface area contributed by atoms with Crippen LogP contribution in [0.4, 0.5) is 11.4 Å². The lowest BCUT2D eigenvalue weighted by Crippen LogP contribution is -2.14. The standard InChI is InChI=1S/C61H55N/c1-37-18-8-11-23-46(37)58-40(4)21-16-27-50(58)44-30-32-49(42(6)34-44)61-43(7)60(48-25-13-10-20-39(48)3)55-36-54(61)52-26-14-15-29-56(52)62-57-35-45(31-33-53(55)57)51-28-17-22-41(5)59(51)47-24-12-9-19-38(47)2/h8-20,22-29,31-36,40,44,62H,21,30H2,1-7H3. The highest BCUT2D eigenvalue weighted by molar-refractivity contribution is 6.05. The molecule has 0 saturated carbocycles. The minimum atomic E-state index is 0.319. The average molecular weight is 802 g/mol. The molecule has 1 heterocycles. The van der Waals surface area contributed by atoms with Gasteiger partial charge in [0.1, 0.15) is 0 Å². The molecule has 304 valence electrons. The zero-order chi connectivity index (χ0) is 42.6. The SMILES string of the molecule is CC1=CC(C2=C(c3ccccc3C)C(C)CC=C2)CC=C1c1c2cc(c(-c3ccccc3C)c1C)-c1ccc(-c3cccc(C)c3-c3ccccc3C)cc1Nc1ccccc1-2. The zero-order valence-corrected chi connectivity index (χ0v) is 37.2. The molecule has 1 N–H and O–H groups in total. The predicted octanol–water partition coefficient (Wildman–Crippen LogP) is 17.0. The van der Waals surface area contributed by atoms with Gasteiger partial charge in [0, 0.05) is 28.4 Å². The fraction of sp³-hybridized carbons (Fsp3) is 0.180. The molecule has 2 atom stereocenters. The van der Waals surface area contributed by atoms with E-state index in [-0.39, 0.29) is 0 Å². The van der Waals surface area contributed by atoms with Crippen molar-refractivity contribution in [1.29, 1.82) is 0 Å². The van der Waals surface area contributed by atoms with Crippen molar-refractivity contribution in [2.24, 2.45) is 11.8 Å². The maximum atomic E-state index is 4.04. The second-order valence-electron chi connectivity index (χ2n) is 17.9. The van der Waals surface area contributed by atoms with Crippen LogP contribution in [0.2, 0.25) is 0 Å². The van der Waals surface area contributed by atoms with E-state index in [1.807, 2.05) is 0 Å². The Morgan fingerprint density at radius 3 is 1.74 bits per heavy atom. The van der Waals surface area contributed by atoms with Gasteiger partial charge in [-0.15, -0.1) is 0 Å². The van der Waals surface area contributed by atoms with Crippen molar-refractivity contribution in [3.8, 4) is 55.6 Å². The van der Waals surface area contributed by atoms with Gasteiger partial charge in [0.25, 0.3) is 0 Å². The van der Waals surface area contributed by atoms with Gasteiger partial charge in [-0.2, -0.15) is 0 Å². The number of rotatable bonds is 6. The third-order valence-electron chi connectivity index (χ3n) is 13.9. The molecule has 0 fully saturated rings. The summed E-state index contributed by atoms with van der Waals surface area (Å²) in [7, 11) is 0. The lowest BCUT2D eigenvalue weighted by atomic mass is 9.73. The summed E-state index contributed by atoms with van der Waals surface area (Å²) in [4.78, 5) is 0. The number of benzene rings is 7. The molecule has 1 heteroatoms. The van der Waals surface area contributed by atoms with Crippen molar-refractivity contribution in [2.75, 3.05) is 5.32 Å². The minimum absolute atomic E-state index is 0.319. The van der Waals surface area contributed by atoms with Crippen LogP contribution in [0.3, 0.4) is 0 Å². The molecule has 0 radical (unpaired) electrons. The molecule has 0 spiro atoms. The predicted molar refractivity (Wildman–Crippen MR) is 267 cm³/mol. The molecule has 62 heavy (non-hydrogen) atoms. The Labute approximate surface area is 368 Å². The van der Waals surface area contributed by atoms with E-state index in [1.54, 1.807) is 0 Å². The van der Waals surface area contributed by atoms with Gasteiger partial charge >= 0.3 is 0 Å². The first-order chi connectivity index (χ1) is 30.2. The van der Waals surface area contributed by atoms with Crippen molar-refractivity contribution in [2.45, 2.75) is 61.3 Å². The van der Waals surface area contributed by atoms with Crippen LogP contribution in [0.1, 0.15) is 65.6 Å². The van der Waals surface area contributed by atoms with Gasteiger partial charge in [-0.1, -0.05) is 153 Å². The fourth-order valence-electron chi connectivity index (χ4n) is 10.8. The van der Waals surface area contributed by atoms with Crippen LogP contribution >= 0.6 is 0 Å². The van der Waals surface area contributed by atoms with E-state index in [0.29, 0.717) is 11.8 Å². The molecule has 3 aliphatic rings. The largest absolute Gasteiger partial charge is 0.354 e. The Kier molecular flexibility index (Phi) is 10.2. The Bertz CT molecular complexity index is 3070. The molecule has 0 aromatic heterocycles. The number of fused-ring (bicyclic) bond motifs is 6. The summed E-state index contributed by atoms with van der Waals surface area (Å²) < 4.78 is 0. The average Bonchev–Trinajstić information content (AvgIpc) is 3.27. The van der Waals surface area contributed by atoms with Crippen molar-refractivity contribution < 1.29 is 0 Å². The first-order valence-electron chi connectivity index (χ1n) is 22.4. The molecular formula is C61H55N. The summed E-state index contributed by atoms with van der Waals surface area (Å²) >= 11 is 0. The molecule has 7 aromatic carbocycles. The van der Waals surface area contributed by atoms with Crippen molar-refractivity contribution in [3.05, 3.63) is 214 Å². The van der Waals surface area contributed by atoms with Crippen LogP contribution in [-0.4, -0.2) is 0 Å². The molecule has 1 nitrogen and oxygen atoms in total. The molecule has 0 amide bonds.